The predicted octanol–water partition coefficient (Wildman–Crippen LogP) is 6.13. The van der Waals surface area contributed by atoms with Crippen molar-refractivity contribution < 1.29 is 9.53 Å². The van der Waals surface area contributed by atoms with E-state index in [1.807, 2.05) is 36.4 Å². The smallest absolute Gasteiger partial charge is 0.357 e. The molecule has 0 bridgehead atoms. The Morgan fingerprint density at radius 3 is 2.19 bits per heavy atom. The lowest BCUT2D eigenvalue weighted by atomic mass is 9.89. The van der Waals surface area contributed by atoms with E-state index in [0.29, 0.717) is 11.6 Å². The monoisotopic (exact) mass is 359 g/mol. The summed E-state index contributed by atoms with van der Waals surface area (Å²) in [5, 5.41) is 2.24. The average Bonchev–Trinajstić information content (AvgIpc) is 3.02. The van der Waals surface area contributed by atoms with Crippen LogP contribution < -0.4 is 0 Å². The molecule has 1 aliphatic rings. The molecule has 2 aromatic carbocycles. The van der Waals surface area contributed by atoms with Gasteiger partial charge in [-0.2, -0.15) is 0 Å². The molecule has 1 fully saturated rings. The average molecular weight is 359 g/mol. The number of ether oxygens (including phenoxy) is 1. The van der Waals surface area contributed by atoms with E-state index >= 15 is 0 Å². The van der Waals surface area contributed by atoms with Gasteiger partial charge in [0.05, 0.1) is 12.8 Å². The van der Waals surface area contributed by atoms with Gasteiger partial charge in [-0.15, -0.1) is 0 Å². The summed E-state index contributed by atoms with van der Waals surface area (Å²) in [5.41, 5.74) is 3.36. The van der Waals surface area contributed by atoms with Gasteiger partial charge in [-0.3, -0.25) is 0 Å². The van der Waals surface area contributed by atoms with Gasteiger partial charge in [0.25, 0.3) is 0 Å². The maximum atomic E-state index is 12.7. The van der Waals surface area contributed by atoms with Crippen LogP contribution in [-0.2, 0) is 4.74 Å². The normalized spacial score (nSPS) is 15.4. The van der Waals surface area contributed by atoms with Gasteiger partial charge >= 0.3 is 5.97 Å². The molecule has 0 N–H and O–H groups in total. The minimum absolute atomic E-state index is 0.366. The van der Waals surface area contributed by atoms with Crippen LogP contribution in [0.15, 0.2) is 54.6 Å². The van der Waals surface area contributed by atoms with E-state index in [1.165, 1.54) is 32.8 Å². The van der Waals surface area contributed by atoms with Crippen molar-refractivity contribution in [2.75, 3.05) is 7.11 Å². The van der Waals surface area contributed by atoms with E-state index in [4.69, 9.17) is 9.72 Å². The number of methoxy groups -OCH3 is 1. The Kier molecular flexibility index (Phi) is 5.19. The first kappa shape index (κ1) is 17.7. The van der Waals surface area contributed by atoms with E-state index in [0.717, 1.165) is 40.4 Å². The van der Waals surface area contributed by atoms with E-state index < -0.39 is 0 Å². The van der Waals surface area contributed by atoms with Crippen molar-refractivity contribution >= 4 is 16.7 Å². The third-order valence-electron chi connectivity index (χ3n) is 5.62. The minimum atomic E-state index is -0.366. The maximum absolute atomic E-state index is 12.7. The number of pyridine rings is 1. The standard InChI is InChI=1S/C24H25NO2/c1-27-24(26)23-21(17-11-7-4-8-12-17)19-15-9-10-16-20(19)22(25-23)18-13-5-2-3-6-14-18/h4,7-12,15-16,18H,2-3,5-6,13-14H2,1H3. The number of hydrogen-bond donors (Lipinski definition) is 0. The molecule has 0 atom stereocenters. The number of fused-ring (bicyclic) bond motifs is 1. The number of benzene rings is 2. The summed E-state index contributed by atoms with van der Waals surface area (Å²) in [6, 6.07) is 18.4. The van der Waals surface area contributed by atoms with Crippen molar-refractivity contribution in [3.63, 3.8) is 0 Å². The van der Waals surface area contributed by atoms with Crippen LogP contribution in [0.3, 0.4) is 0 Å². The first-order chi connectivity index (χ1) is 13.3. The Morgan fingerprint density at radius 1 is 0.889 bits per heavy atom. The van der Waals surface area contributed by atoms with Crippen LogP contribution in [0.5, 0.6) is 0 Å². The molecule has 3 aromatic rings. The van der Waals surface area contributed by atoms with Crippen LogP contribution in [0, 0.1) is 0 Å². The van der Waals surface area contributed by atoms with Crippen molar-refractivity contribution in [1.82, 2.24) is 4.98 Å². The molecule has 0 aliphatic heterocycles. The number of hydrogen-bond acceptors (Lipinski definition) is 3. The Labute approximate surface area is 160 Å². The molecule has 3 nitrogen and oxygen atoms in total. The zero-order valence-corrected chi connectivity index (χ0v) is 15.8. The molecular formula is C24H25NO2. The summed E-state index contributed by atoms with van der Waals surface area (Å²) in [4.78, 5) is 17.6. The second-order valence-electron chi connectivity index (χ2n) is 7.31. The number of aromatic nitrogens is 1. The highest BCUT2D eigenvalue weighted by Gasteiger charge is 2.25. The summed E-state index contributed by atoms with van der Waals surface area (Å²) < 4.78 is 5.11. The van der Waals surface area contributed by atoms with Gasteiger partial charge in [0.15, 0.2) is 5.69 Å². The molecule has 1 saturated carbocycles. The van der Waals surface area contributed by atoms with Crippen LogP contribution in [-0.4, -0.2) is 18.1 Å². The second-order valence-corrected chi connectivity index (χ2v) is 7.31. The van der Waals surface area contributed by atoms with Crippen molar-refractivity contribution in [1.29, 1.82) is 0 Å². The van der Waals surface area contributed by atoms with Crippen molar-refractivity contribution in [3.8, 4) is 11.1 Å². The summed E-state index contributed by atoms with van der Waals surface area (Å²) in [5.74, 6) is 0.0418. The highest BCUT2D eigenvalue weighted by molar-refractivity contribution is 6.07. The van der Waals surface area contributed by atoms with Crippen molar-refractivity contribution in [3.05, 3.63) is 66.0 Å². The van der Waals surface area contributed by atoms with E-state index in [-0.39, 0.29) is 5.97 Å². The molecular weight excluding hydrogens is 334 g/mol. The number of carbonyl (C=O) groups is 1. The Morgan fingerprint density at radius 2 is 1.52 bits per heavy atom. The fourth-order valence-corrected chi connectivity index (χ4v) is 4.29. The predicted molar refractivity (Wildman–Crippen MR) is 109 cm³/mol. The van der Waals surface area contributed by atoms with E-state index in [2.05, 4.69) is 18.2 Å². The van der Waals surface area contributed by atoms with E-state index in [1.54, 1.807) is 0 Å². The molecule has 0 unspecified atom stereocenters. The molecule has 3 heteroatoms. The summed E-state index contributed by atoms with van der Waals surface area (Å²) >= 11 is 0. The molecule has 0 amide bonds. The summed E-state index contributed by atoms with van der Waals surface area (Å²) in [6.07, 6.45) is 7.33. The molecule has 0 spiro atoms. The second kappa shape index (κ2) is 7.91. The van der Waals surface area contributed by atoms with Crippen LogP contribution in [0.2, 0.25) is 0 Å². The Bertz CT molecular complexity index is 941. The van der Waals surface area contributed by atoms with Gasteiger partial charge in [0.1, 0.15) is 0 Å². The molecule has 0 radical (unpaired) electrons. The zero-order valence-electron chi connectivity index (χ0n) is 15.8. The molecule has 1 heterocycles. The summed E-state index contributed by atoms with van der Waals surface area (Å²) in [6.45, 7) is 0. The van der Waals surface area contributed by atoms with Crippen LogP contribution in [0.4, 0.5) is 0 Å². The highest BCUT2D eigenvalue weighted by atomic mass is 16.5. The highest BCUT2D eigenvalue weighted by Crippen LogP contribution is 2.39. The number of nitrogens with zero attached hydrogens (tertiary/aromatic N) is 1. The van der Waals surface area contributed by atoms with Crippen LogP contribution in [0.1, 0.15) is 60.6 Å². The third kappa shape index (κ3) is 3.46. The van der Waals surface area contributed by atoms with Gasteiger partial charge in [-0.05, 0) is 23.8 Å². The molecule has 27 heavy (non-hydrogen) atoms. The Balaban J connectivity index is 2.00. The fourth-order valence-electron chi connectivity index (χ4n) is 4.29. The minimum Gasteiger partial charge on any atom is -0.464 e. The van der Waals surface area contributed by atoms with Crippen molar-refractivity contribution in [2.45, 2.75) is 44.4 Å². The maximum Gasteiger partial charge on any atom is 0.357 e. The zero-order chi connectivity index (χ0) is 18.6. The summed E-state index contributed by atoms with van der Waals surface area (Å²) in [7, 11) is 1.43. The van der Waals surface area contributed by atoms with Crippen LogP contribution >= 0.6 is 0 Å². The molecule has 0 saturated heterocycles. The topological polar surface area (TPSA) is 39.2 Å². The van der Waals surface area contributed by atoms with Gasteiger partial charge in [-0.1, -0.05) is 80.3 Å². The van der Waals surface area contributed by atoms with E-state index in [9.17, 15) is 4.79 Å². The molecule has 138 valence electrons. The largest absolute Gasteiger partial charge is 0.464 e. The third-order valence-corrected chi connectivity index (χ3v) is 5.62. The lowest BCUT2D eigenvalue weighted by Crippen LogP contribution is -2.12. The van der Waals surface area contributed by atoms with Gasteiger partial charge in [-0.25, -0.2) is 9.78 Å². The number of carbonyl (C=O) groups excluding carboxylic acids is 1. The lowest BCUT2D eigenvalue weighted by molar-refractivity contribution is 0.0595. The Hall–Kier alpha value is -2.68. The van der Waals surface area contributed by atoms with Gasteiger partial charge < -0.3 is 4.74 Å². The van der Waals surface area contributed by atoms with Crippen LogP contribution in [0.25, 0.3) is 21.9 Å². The molecule has 1 aliphatic carbocycles. The quantitative estimate of drug-likeness (QED) is 0.417. The first-order valence-electron chi connectivity index (χ1n) is 9.86. The fraction of sp³-hybridized carbons (Fsp3) is 0.333. The first-order valence-corrected chi connectivity index (χ1v) is 9.86. The number of rotatable bonds is 3. The van der Waals surface area contributed by atoms with Gasteiger partial charge in [0.2, 0.25) is 0 Å². The van der Waals surface area contributed by atoms with Gasteiger partial charge in [0, 0.05) is 16.9 Å². The number of esters is 1. The molecule has 1 aromatic heterocycles. The molecule has 4 rings (SSSR count). The lowest BCUT2D eigenvalue weighted by Gasteiger charge is -2.20. The SMILES string of the molecule is COC(=O)c1nc(C2CCCCCC2)c2ccccc2c1-c1ccccc1. The van der Waals surface area contributed by atoms with Crippen molar-refractivity contribution in [2.24, 2.45) is 0 Å².